The molecule has 0 aliphatic heterocycles. The van der Waals surface area contributed by atoms with E-state index in [4.69, 9.17) is 4.74 Å². The average Bonchev–Trinajstić information content (AvgIpc) is 3.19. The number of aromatic amines is 1. The number of imidazole rings is 1. The summed E-state index contributed by atoms with van der Waals surface area (Å²) < 4.78 is 8.40. The fourth-order valence-corrected chi connectivity index (χ4v) is 2.41. The Morgan fingerprint density at radius 2 is 2.17 bits per heavy atom. The largest absolute Gasteiger partial charge is 0.486 e. The number of halogens is 1. The van der Waals surface area contributed by atoms with Gasteiger partial charge in [-0.15, -0.1) is 0 Å². The SMILES string of the molecule is Cn1ccnc1COc1ccc(C(=O)NCc2[nH]ncc2Br)cc1. The zero-order chi connectivity index (χ0) is 16.9. The summed E-state index contributed by atoms with van der Waals surface area (Å²) in [4.78, 5) is 16.3. The minimum Gasteiger partial charge on any atom is -0.486 e. The molecule has 7 nitrogen and oxygen atoms in total. The smallest absolute Gasteiger partial charge is 0.251 e. The van der Waals surface area contributed by atoms with Gasteiger partial charge in [0.25, 0.3) is 5.91 Å². The van der Waals surface area contributed by atoms with Crippen molar-refractivity contribution in [3.05, 3.63) is 64.4 Å². The highest BCUT2D eigenvalue weighted by molar-refractivity contribution is 9.10. The lowest BCUT2D eigenvalue weighted by atomic mass is 10.2. The Balaban J connectivity index is 1.54. The van der Waals surface area contributed by atoms with Gasteiger partial charge in [0.2, 0.25) is 0 Å². The number of nitrogens with one attached hydrogen (secondary N) is 2. The van der Waals surface area contributed by atoms with E-state index in [0.717, 1.165) is 16.0 Å². The topological polar surface area (TPSA) is 84.8 Å². The van der Waals surface area contributed by atoms with Crippen LogP contribution in [0.25, 0.3) is 0 Å². The van der Waals surface area contributed by atoms with Crippen molar-refractivity contribution in [2.75, 3.05) is 0 Å². The molecule has 8 heteroatoms. The third-order valence-corrected chi connectivity index (χ3v) is 4.18. The van der Waals surface area contributed by atoms with Crippen LogP contribution in [-0.2, 0) is 20.2 Å². The normalized spacial score (nSPS) is 10.6. The van der Waals surface area contributed by atoms with E-state index in [2.05, 4.69) is 36.4 Å². The molecule has 0 radical (unpaired) electrons. The van der Waals surface area contributed by atoms with Crippen molar-refractivity contribution >= 4 is 21.8 Å². The van der Waals surface area contributed by atoms with Crippen molar-refractivity contribution in [2.45, 2.75) is 13.2 Å². The first-order chi connectivity index (χ1) is 11.6. The number of hydrogen-bond acceptors (Lipinski definition) is 4. The van der Waals surface area contributed by atoms with Crippen LogP contribution in [0.3, 0.4) is 0 Å². The fourth-order valence-electron chi connectivity index (χ4n) is 2.08. The van der Waals surface area contributed by atoms with Crippen LogP contribution in [0.5, 0.6) is 5.75 Å². The number of hydrogen-bond donors (Lipinski definition) is 2. The van der Waals surface area contributed by atoms with Crippen molar-refractivity contribution in [1.29, 1.82) is 0 Å². The molecular formula is C16H16BrN5O2. The molecule has 0 unspecified atom stereocenters. The van der Waals surface area contributed by atoms with Gasteiger partial charge >= 0.3 is 0 Å². The van der Waals surface area contributed by atoms with Gasteiger partial charge in [-0.25, -0.2) is 4.98 Å². The third-order valence-electron chi connectivity index (χ3n) is 3.50. The molecule has 24 heavy (non-hydrogen) atoms. The number of amides is 1. The predicted molar refractivity (Wildman–Crippen MR) is 91.4 cm³/mol. The second kappa shape index (κ2) is 7.31. The molecule has 0 saturated carbocycles. The van der Waals surface area contributed by atoms with E-state index in [0.29, 0.717) is 24.5 Å². The van der Waals surface area contributed by atoms with Crippen LogP contribution in [-0.4, -0.2) is 25.7 Å². The first-order valence-electron chi connectivity index (χ1n) is 7.28. The molecule has 1 aromatic carbocycles. The summed E-state index contributed by atoms with van der Waals surface area (Å²) in [6.07, 6.45) is 5.24. The van der Waals surface area contributed by atoms with Gasteiger partial charge in [-0.3, -0.25) is 9.89 Å². The van der Waals surface area contributed by atoms with E-state index in [-0.39, 0.29) is 5.91 Å². The zero-order valence-corrected chi connectivity index (χ0v) is 14.6. The van der Waals surface area contributed by atoms with Gasteiger partial charge < -0.3 is 14.6 Å². The van der Waals surface area contributed by atoms with E-state index in [1.165, 1.54) is 0 Å². The molecule has 0 spiro atoms. The molecule has 0 aliphatic rings. The van der Waals surface area contributed by atoms with E-state index in [9.17, 15) is 4.79 Å². The number of rotatable bonds is 6. The summed E-state index contributed by atoms with van der Waals surface area (Å²) in [5.41, 5.74) is 1.38. The second-order valence-electron chi connectivity index (χ2n) is 5.15. The summed E-state index contributed by atoms with van der Waals surface area (Å²) in [7, 11) is 1.91. The van der Waals surface area contributed by atoms with Crippen LogP contribution >= 0.6 is 15.9 Å². The lowest BCUT2D eigenvalue weighted by Gasteiger charge is -2.08. The monoisotopic (exact) mass is 389 g/mol. The number of carbonyl (C=O) groups excluding carboxylic acids is 1. The Hall–Kier alpha value is -2.61. The number of H-pyrrole nitrogens is 1. The summed E-state index contributed by atoms with van der Waals surface area (Å²) in [6, 6.07) is 6.99. The highest BCUT2D eigenvalue weighted by atomic mass is 79.9. The minimum atomic E-state index is -0.160. The van der Waals surface area contributed by atoms with Gasteiger partial charge in [0.05, 0.1) is 22.9 Å². The van der Waals surface area contributed by atoms with Gasteiger partial charge in [0.1, 0.15) is 18.2 Å². The van der Waals surface area contributed by atoms with Gasteiger partial charge in [-0.1, -0.05) is 0 Å². The average molecular weight is 390 g/mol. The molecule has 2 aromatic heterocycles. The second-order valence-corrected chi connectivity index (χ2v) is 6.00. The Morgan fingerprint density at radius 3 is 2.79 bits per heavy atom. The molecule has 0 bridgehead atoms. The van der Waals surface area contributed by atoms with Crippen molar-refractivity contribution in [3.63, 3.8) is 0 Å². The van der Waals surface area contributed by atoms with E-state index in [1.54, 1.807) is 36.7 Å². The molecule has 3 aromatic rings. The number of ether oxygens (including phenoxy) is 1. The summed E-state index contributed by atoms with van der Waals surface area (Å²) in [6.45, 7) is 0.750. The van der Waals surface area contributed by atoms with Gasteiger partial charge in [-0.2, -0.15) is 5.10 Å². The molecule has 124 valence electrons. The maximum atomic E-state index is 12.1. The molecule has 0 saturated heterocycles. The number of aryl methyl sites for hydroxylation is 1. The third kappa shape index (κ3) is 3.83. The fraction of sp³-hybridized carbons (Fsp3) is 0.188. The van der Waals surface area contributed by atoms with Crippen molar-refractivity contribution in [3.8, 4) is 5.75 Å². The number of nitrogens with zero attached hydrogens (tertiary/aromatic N) is 3. The first kappa shape index (κ1) is 16.3. The predicted octanol–water partition coefficient (Wildman–Crippen LogP) is 2.41. The highest BCUT2D eigenvalue weighted by Crippen LogP contribution is 2.15. The maximum Gasteiger partial charge on any atom is 0.251 e. The summed E-state index contributed by atoms with van der Waals surface area (Å²) in [5.74, 6) is 1.36. The van der Waals surface area contributed by atoms with Crippen LogP contribution in [0.4, 0.5) is 0 Å². The van der Waals surface area contributed by atoms with E-state index >= 15 is 0 Å². The molecule has 1 amide bonds. The first-order valence-corrected chi connectivity index (χ1v) is 8.08. The standard InChI is InChI=1S/C16H16BrN5O2/c1-22-7-6-18-15(22)10-24-12-4-2-11(3-5-12)16(23)19-9-14-13(17)8-20-21-14/h2-8H,9-10H2,1H3,(H,19,23)(H,20,21). The van der Waals surface area contributed by atoms with Gasteiger partial charge in [-0.05, 0) is 40.2 Å². The quantitative estimate of drug-likeness (QED) is 0.677. The molecule has 3 rings (SSSR count). The van der Waals surface area contributed by atoms with E-state index < -0.39 is 0 Å². The lowest BCUT2D eigenvalue weighted by molar-refractivity contribution is 0.0950. The van der Waals surface area contributed by atoms with Gasteiger partial charge in [0.15, 0.2) is 0 Å². The lowest BCUT2D eigenvalue weighted by Crippen LogP contribution is -2.23. The van der Waals surface area contributed by atoms with E-state index in [1.807, 2.05) is 17.8 Å². The molecule has 2 N–H and O–H groups in total. The molecule has 0 fully saturated rings. The number of aromatic nitrogens is 4. The molecular weight excluding hydrogens is 374 g/mol. The Bertz CT molecular complexity index is 825. The van der Waals surface area contributed by atoms with Crippen molar-refractivity contribution in [1.82, 2.24) is 25.1 Å². The van der Waals surface area contributed by atoms with Crippen LogP contribution < -0.4 is 10.1 Å². The van der Waals surface area contributed by atoms with Crippen molar-refractivity contribution in [2.24, 2.45) is 7.05 Å². The zero-order valence-electron chi connectivity index (χ0n) is 13.0. The minimum absolute atomic E-state index is 0.160. The maximum absolute atomic E-state index is 12.1. The van der Waals surface area contributed by atoms with Crippen LogP contribution in [0.2, 0.25) is 0 Å². The van der Waals surface area contributed by atoms with Crippen LogP contribution in [0, 0.1) is 0 Å². The Labute approximate surface area is 147 Å². The van der Waals surface area contributed by atoms with Crippen molar-refractivity contribution < 1.29 is 9.53 Å². The Kier molecular flexibility index (Phi) is 4.95. The molecule has 2 heterocycles. The molecule has 0 atom stereocenters. The number of carbonyl (C=O) groups is 1. The Morgan fingerprint density at radius 1 is 1.38 bits per heavy atom. The van der Waals surface area contributed by atoms with Crippen LogP contribution in [0.1, 0.15) is 21.9 Å². The summed E-state index contributed by atoms with van der Waals surface area (Å²) >= 11 is 3.35. The molecule has 0 aliphatic carbocycles. The summed E-state index contributed by atoms with van der Waals surface area (Å²) in [5, 5.41) is 9.53. The highest BCUT2D eigenvalue weighted by Gasteiger charge is 2.08. The van der Waals surface area contributed by atoms with Gasteiger partial charge in [0, 0.05) is 25.0 Å². The van der Waals surface area contributed by atoms with Crippen LogP contribution in [0.15, 0.2) is 47.3 Å². The number of benzene rings is 1.